The first-order chi connectivity index (χ1) is 19.5. The van der Waals surface area contributed by atoms with Gasteiger partial charge in [-0.3, -0.25) is 9.89 Å². The Kier molecular flexibility index (Phi) is 10.5. The van der Waals surface area contributed by atoms with Crippen molar-refractivity contribution in [3.05, 3.63) is 95.4 Å². The number of rotatable bonds is 14. The summed E-state index contributed by atoms with van der Waals surface area (Å²) in [6.45, 7) is 5.71. The number of ether oxygens (including phenoxy) is 1. The fourth-order valence-corrected chi connectivity index (χ4v) is 5.10. The molecule has 4 aromatic rings. The zero-order valence-electron chi connectivity index (χ0n) is 23.9. The van der Waals surface area contributed by atoms with Gasteiger partial charge in [0.05, 0.1) is 17.5 Å². The van der Waals surface area contributed by atoms with Crippen molar-refractivity contribution in [2.45, 2.75) is 58.8 Å². The number of halogens is 1. The number of amides is 1. The number of fused-ring (bicyclic) bond motifs is 1. The highest BCUT2D eigenvalue weighted by Crippen LogP contribution is 2.36. The molecule has 3 aromatic carbocycles. The number of carbonyl (C=O) groups excluding carboxylic acids is 1. The van der Waals surface area contributed by atoms with Crippen molar-refractivity contribution in [1.82, 2.24) is 15.1 Å². The van der Waals surface area contributed by atoms with Gasteiger partial charge >= 0.3 is 0 Å². The van der Waals surface area contributed by atoms with E-state index in [1.54, 1.807) is 0 Å². The molecule has 0 bridgehead atoms. The third-order valence-corrected chi connectivity index (χ3v) is 7.26. The van der Waals surface area contributed by atoms with E-state index in [-0.39, 0.29) is 5.91 Å². The molecule has 6 heteroatoms. The fourth-order valence-electron chi connectivity index (χ4n) is 5.10. The van der Waals surface area contributed by atoms with Gasteiger partial charge < -0.3 is 9.64 Å². The van der Waals surface area contributed by atoms with Gasteiger partial charge in [0, 0.05) is 20.0 Å². The zero-order chi connectivity index (χ0) is 28.3. The minimum Gasteiger partial charge on any atom is -0.494 e. The Hall–Kier alpha value is -3.93. The zero-order valence-corrected chi connectivity index (χ0v) is 23.9. The Morgan fingerprint density at radius 1 is 0.900 bits per heavy atom. The Labute approximate surface area is 237 Å². The van der Waals surface area contributed by atoms with E-state index in [2.05, 4.69) is 48.3 Å². The van der Waals surface area contributed by atoms with Crippen LogP contribution in [0.5, 0.6) is 5.75 Å². The summed E-state index contributed by atoms with van der Waals surface area (Å²) in [7, 11) is 1.88. The van der Waals surface area contributed by atoms with Crippen LogP contribution in [-0.2, 0) is 4.79 Å². The van der Waals surface area contributed by atoms with Gasteiger partial charge in [0.1, 0.15) is 5.75 Å². The Morgan fingerprint density at radius 2 is 1.62 bits per heavy atom. The van der Waals surface area contributed by atoms with E-state index in [0.717, 1.165) is 73.1 Å². The minimum atomic E-state index is -0.423. The largest absolute Gasteiger partial charge is 0.494 e. The average molecular weight is 542 g/mol. The number of carbonyl (C=O) groups is 1. The molecule has 4 rings (SSSR count). The molecule has 5 nitrogen and oxygen atoms in total. The molecular weight excluding hydrogens is 501 g/mol. The average Bonchev–Trinajstić information content (AvgIpc) is 3.36. The molecule has 1 N–H and O–H groups in total. The Morgan fingerprint density at radius 3 is 2.35 bits per heavy atom. The maximum absolute atomic E-state index is 14.4. The van der Waals surface area contributed by atoms with Crippen molar-refractivity contribution in [3.63, 3.8) is 0 Å². The van der Waals surface area contributed by atoms with Crippen molar-refractivity contribution in [1.29, 1.82) is 0 Å². The first-order valence-corrected chi connectivity index (χ1v) is 14.4. The van der Waals surface area contributed by atoms with Crippen LogP contribution in [0.2, 0.25) is 0 Å². The molecule has 0 aliphatic heterocycles. The summed E-state index contributed by atoms with van der Waals surface area (Å²) in [6.07, 6.45) is 6.39. The predicted molar refractivity (Wildman–Crippen MR) is 162 cm³/mol. The monoisotopic (exact) mass is 541 g/mol. The maximum Gasteiger partial charge on any atom is 0.222 e. The molecule has 0 unspecified atom stereocenters. The van der Waals surface area contributed by atoms with Crippen LogP contribution in [0.3, 0.4) is 0 Å². The topological polar surface area (TPSA) is 58.2 Å². The lowest BCUT2D eigenvalue weighted by Crippen LogP contribution is -2.26. The third-order valence-electron chi connectivity index (χ3n) is 7.26. The predicted octanol–water partition coefficient (Wildman–Crippen LogP) is 8.27. The minimum absolute atomic E-state index is 0.236. The highest BCUT2D eigenvalue weighted by molar-refractivity contribution is 6.00. The van der Waals surface area contributed by atoms with Crippen LogP contribution in [0.25, 0.3) is 22.0 Å². The van der Waals surface area contributed by atoms with Crippen LogP contribution in [0.1, 0.15) is 75.5 Å². The number of unbranched alkanes of at least 4 members (excludes halogenated alkanes) is 3. The van der Waals surface area contributed by atoms with Crippen molar-refractivity contribution < 1.29 is 13.9 Å². The molecule has 0 spiro atoms. The summed E-state index contributed by atoms with van der Waals surface area (Å²) in [5.41, 5.74) is 6.01. The molecule has 210 valence electrons. The van der Waals surface area contributed by atoms with E-state index in [4.69, 9.17) is 4.74 Å². The maximum atomic E-state index is 14.4. The van der Waals surface area contributed by atoms with Crippen LogP contribution in [-0.4, -0.2) is 41.2 Å². The molecule has 1 amide bonds. The first kappa shape index (κ1) is 29.1. The van der Waals surface area contributed by atoms with Gasteiger partial charge in [-0.05, 0) is 77.8 Å². The summed E-state index contributed by atoms with van der Waals surface area (Å²) in [4.78, 5) is 13.9. The Balaban J connectivity index is 1.43. The lowest BCUT2D eigenvalue weighted by molar-refractivity contribution is -0.130. The normalized spacial score (nSPS) is 11.9. The molecule has 0 atom stereocenters. The molecule has 0 saturated heterocycles. The number of nitrogens with zero attached hydrogens (tertiary/aromatic N) is 2. The van der Waals surface area contributed by atoms with Gasteiger partial charge in [-0.15, -0.1) is 0 Å². The SMILES string of the molecule is CCCN(C)C(=O)CCCCCCOc1ccc(/C(=C(/CC)c2ccccc2)c2ccc3n[nH]c(F)c3c2)cc1. The highest BCUT2D eigenvalue weighted by atomic mass is 19.1. The molecule has 0 fully saturated rings. The summed E-state index contributed by atoms with van der Waals surface area (Å²) < 4.78 is 20.4. The van der Waals surface area contributed by atoms with Crippen LogP contribution in [0.15, 0.2) is 72.8 Å². The van der Waals surface area contributed by atoms with Gasteiger partial charge in [-0.2, -0.15) is 9.49 Å². The number of aromatic amines is 1. The van der Waals surface area contributed by atoms with Crippen molar-refractivity contribution in [2.24, 2.45) is 0 Å². The van der Waals surface area contributed by atoms with Gasteiger partial charge in [0.2, 0.25) is 11.9 Å². The molecule has 40 heavy (non-hydrogen) atoms. The second kappa shape index (κ2) is 14.5. The third kappa shape index (κ3) is 7.38. The Bertz CT molecular complexity index is 1410. The smallest absolute Gasteiger partial charge is 0.222 e. The second-order valence-corrected chi connectivity index (χ2v) is 10.2. The number of hydrogen-bond donors (Lipinski definition) is 1. The fraction of sp³-hybridized carbons (Fsp3) is 0.353. The number of nitrogens with one attached hydrogen (secondary N) is 1. The summed E-state index contributed by atoms with van der Waals surface area (Å²) in [5, 5.41) is 6.98. The van der Waals surface area contributed by atoms with Crippen LogP contribution >= 0.6 is 0 Å². The standard InChI is InChI=1S/C34H40FN3O2/c1-4-22-38(3)32(39)15-11-6-7-12-23-40-28-19-16-26(17-20-28)33(29(5-2)25-13-9-8-10-14-25)27-18-21-31-30(24-27)34(35)37-36-31/h8-10,13-14,16-21,24H,4-7,11-12,15,22-23H2,1-3H3,(H,36,37)/b33-29+. The van der Waals surface area contributed by atoms with Crippen LogP contribution in [0, 0.1) is 5.95 Å². The van der Waals surface area contributed by atoms with Crippen LogP contribution < -0.4 is 4.74 Å². The van der Waals surface area contributed by atoms with Gasteiger partial charge in [0.15, 0.2) is 0 Å². The molecular formula is C34H40FN3O2. The summed E-state index contributed by atoms with van der Waals surface area (Å²) in [5.74, 6) is 0.640. The van der Waals surface area contributed by atoms with Gasteiger partial charge in [-0.25, -0.2) is 0 Å². The van der Waals surface area contributed by atoms with Crippen molar-refractivity contribution >= 4 is 28.0 Å². The second-order valence-electron chi connectivity index (χ2n) is 10.2. The molecule has 1 heterocycles. The molecule has 0 radical (unpaired) electrons. The van der Waals surface area contributed by atoms with Gasteiger partial charge in [0.25, 0.3) is 0 Å². The quantitative estimate of drug-likeness (QED) is 0.129. The molecule has 0 aliphatic rings. The number of benzene rings is 3. The van der Waals surface area contributed by atoms with Crippen molar-refractivity contribution in [3.8, 4) is 5.75 Å². The lowest BCUT2D eigenvalue weighted by Gasteiger charge is -2.17. The summed E-state index contributed by atoms with van der Waals surface area (Å²) in [6, 6.07) is 24.3. The van der Waals surface area contributed by atoms with Gasteiger partial charge in [-0.1, -0.05) is 75.2 Å². The van der Waals surface area contributed by atoms with E-state index in [9.17, 15) is 9.18 Å². The van der Waals surface area contributed by atoms with E-state index in [1.165, 1.54) is 5.57 Å². The van der Waals surface area contributed by atoms with E-state index in [1.807, 2.05) is 60.5 Å². The van der Waals surface area contributed by atoms with Crippen LogP contribution in [0.4, 0.5) is 4.39 Å². The first-order valence-electron chi connectivity index (χ1n) is 14.4. The molecule has 0 aliphatic carbocycles. The van der Waals surface area contributed by atoms with Crippen molar-refractivity contribution in [2.75, 3.05) is 20.2 Å². The number of allylic oxidation sites excluding steroid dienone is 1. The lowest BCUT2D eigenvalue weighted by atomic mass is 9.88. The molecule has 1 aromatic heterocycles. The van der Waals surface area contributed by atoms with E-state index < -0.39 is 5.95 Å². The van der Waals surface area contributed by atoms with E-state index >= 15 is 0 Å². The highest BCUT2D eigenvalue weighted by Gasteiger charge is 2.15. The van der Waals surface area contributed by atoms with E-state index in [0.29, 0.717) is 23.9 Å². The summed E-state index contributed by atoms with van der Waals surface area (Å²) >= 11 is 0. The number of H-pyrrole nitrogens is 1. The molecule has 0 saturated carbocycles. The number of hydrogen-bond acceptors (Lipinski definition) is 3. The number of aromatic nitrogens is 2.